The van der Waals surface area contributed by atoms with Crippen molar-refractivity contribution in [3.8, 4) is 0 Å². The molecule has 0 unspecified atom stereocenters. The molecule has 0 spiro atoms. The van der Waals surface area contributed by atoms with E-state index in [1.165, 1.54) is 0 Å². The second-order valence-corrected chi connectivity index (χ2v) is 3.86. The van der Waals surface area contributed by atoms with Crippen LogP contribution in [0.1, 0.15) is 6.42 Å². The number of aromatic nitrogens is 2. The average molecular weight is 249 g/mol. The second-order valence-electron chi connectivity index (χ2n) is 3.86. The Bertz CT molecular complexity index is 441. The van der Waals surface area contributed by atoms with Gasteiger partial charge in [0.05, 0.1) is 0 Å². The first kappa shape index (κ1) is 13.9. The number of likely N-dealkylation sites (N-methyl/N-ethyl adjacent to an activating group) is 1. The van der Waals surface area contributed by atoms with Crippen LogP contribution in [-0.4, -0.2) is 41.2 Å². The van der Waals surface area contributed by atoms with Crippen molar-refractivity contribution in [2.45, 2.75) is 6.42 Å². The molecule has 7 nitrogen and oxygen atoms in total. The number of aliphatic imine (C=N–C) groups is 1. The van der Waals surface area contributed by atoms with Crippen molar-refractivity contribution in [1.82, 2.24) is 14.9 Å². The average Bonchev–Trinajstić information content (AvgIpc) is 2.31. The normalized spacial score (nSPS) is 11.2. The molecular weight excluding hydrogens is 230 g/mol. The first-order valence-corrected chi connectivity index (χ1v) is 5.55. The summed E-state index contributed by atoms with van der Waals surface area (Å²) in [5.41, 5.74) is 17.0. The van der Waals surface area contributed by atoms with E-state index < -0.39 is 0 Å². The molecule has 0 radical (unpaired) electrons. The lowest BCUT2D eigenvalue weighted by Gasteiger charge is -2.11. The Balaban J connectivity index is 2.59. The molecule has 18 heavy (non-hydrogen) atoms. The zero-order valence-electron chi connectivity index (χ0n) is 10.5. The number of hydrogen-bond acceptors (Lipinski definition) is 7. The van der Waals surface area contributed by atoms with Crippen LogP contribution >= 0.6 is 0 Å². The van der Waals surface area contributed by atoms with E-state index >= 15 is 0 Å². The Morgan fingerprint density at radius 1 is 1.33 bits per heavy atom. The molecule has 1 aromatic heterocycles. The van der Waals surface area contributed by atoms with Gasteiger partial charge in [-0.1, -0.05) is 6.08 Å². The maximum atomic E-state index is 5.70. The van der Waals surface area contributed by atoms with Gasteiger partial charge in [0.15, 0.2) is 11.6 Å². The molecule has 0 bridgehead atoms. The van der Waals surface area contributed by atoms with Gasteiger partial charge in [-0.3, -0.25) is 0 Å². The van der Waals surface area contributed by atoms with Crippen LogP contribution < -0.4 is 17.2 Å². The molecule has 1 rings (SSSR count). The van der Waals surface area contributed by atoms with Gasteiger partial charge in [-0.2, -0.15) is 9.97 Å². The molecule has 0 aromatic carbocycles. The summed E-state index contributed by atoms with van der Waals surface area (Å²) in [6, 6.07) is 0. The van der Waals surface area contributed by atoms with Crippen LogP contribution in [0.3, 0.4) is 0 Å². The van der Waals surface area contributed by atoms with Crippen LogP contribution in [-0.2, 0) is 0 Å². The lowest BCUT2D eigenvalue weighted by molar-refractivity contribution is 0.383. The molecular formula is C11H19N7. The van der Waals surface area contributed by atoms with Gasteiger partial charge in [0.25, 0.3) is 0 Å². The fourth-order valence-corrected chi connectivity index (χ4v) is 1.33. The van der Waals surface area contributed by atoms with Gasteiger partial charge in [0, 0.05) is 19.3 Å². The standard InChI is InChI=1S/C11H19N7/c1-3-6-18(2)7-4-5-15-10-8(12)9(13)16-11(14)17-10/h3,5H,1,4,6-7,12H2,2H3,(H4,13,14,16,17). The molecule has 1 aromatic rings. The molecule has 6 N–H and O–H groups in total. The number of nitrogens with zero attached hydrogens (tertiary/aromatic N) is 4. The van der Waals surface area contributed by atoms with E-state index in [9.17, 15) is 0 Å². The van der Waals surface area contributed by atoms with Crippen molar-refractivity contribution in [3.63, 3.8) is 0 Å². The van der Waals surface area contributed by atoms with Gasteiger partial charge in [0.2, 0.25) is 5.95 Å². The summed E-state index contributed by atoms with van der Waals surface area (Å²) in [6.07, 6.45) is 4.35. The maximum absolute atomic E-state index is 5.70. The van der Waals surface area contributed by atoms with Gasteiger partial charge in [0.1, 0.15) is 5.69 Å². The highest BCUT2D eigenvalue weighted by Crippen LogP contribution is 2.24. The SMILES string of the molecule is C=CCN(C)CCC=Nc1nc(N)nc(N)c1N. The molecule has 1 heterocycles. The Hall–Kier alpha value is -2.15. The van der Waals surface area contributed by atoms with E-state index in [4.69, 9.17) is 17.2 Å². The Morgan fingerprint density at radius 3 is 2.72 bits per heavy atom. The molecule has 0 aliphatic heterocycles. The molecule has 0 aliphatic carbocycles. The van der Waals surface area contributed by atoms with Crippen molar-refractivity contribution in [2.24, 2.45) is 4.99 Å². The third-order valence-corrected chi connectivity index (χ3v) is 2.27. The van der Waals surface area contributed by atoms with Gasteiger partial charge in [-0.15, -0.1) is 6.58 Å². The lowest BCUT2D eigenvalue weighted by Crippen LogP contribution is -2.19. The Kier molecular flexibility index (Phi) is 5.06. The highest BCUT2D eigenvalue weighted by atomic mass is 15.1. The van der Waals surface area contributed by atoms with E-state index in [-0.39, 0.29) is 17.5 Å². The third-order valence-electron chi connectivity index (χ3n) is 2.27. The minimum Gasteiger partial charge on any atom is -0.393 e. The molecule has 7 heteroatoms. The molecule has 0 aliphatic rings. The van der Waals surface area contributed by atoms with Crippen molar-refractivity contribution >= 4 is 29.5 Å². The van der Waals surface area contributed by atoms with Crippen LogP contribution in [0.4, 0.5) is 23.3 Å². The minimum atomic E-state index is 0.0672. The van der Waals surface area contributed by atoms with Crippen LogP contribution in [0.5, 0.6) is 0 Å². The first-order chi connectivity index (χ1) is 8.54. The topological polar surface area (TPSA) is 119 Å². The highest BCUT2D eigenvalue weighted by Gasteiger charge is 2.05. The number of hydrogen-bond donors (Lipinski definition) is 3. The van der Waals surface area contributed by atoms with Crippen LogP contribution in [0, 0.1) is 0 Å². The molecule has 0 saturated carbocycles. The van der Waals surface area contributed by atoms with E-state index in [0.717, 1.165) is 19.5 Å². The van der Waals surface area contributed by atoms with Gasteiger partial charge in [-0.25, -0.2) is 4.99 Å². The lowest BCUT2D eigenvalue weighted by atomic mass is 10.4. The summed E-state index contributed by atoms with van der Waals surface area (Å²) in [5.74, 6) is 0.530. The van der Waals surface area contributed by atoms with Crippen LogP contribution in [0.15, 0.2) is 17.6 Å². The highest BCUT2D eigenvalue weighted by molar-refractivity contribution is 5.75. The quantitative estimate of drug-likeness (QED) is 0.497. The van der Waals surface area contributed by atoms with Crippen molar-refractivity contribution in [1.29, 1.82) is 0 Å². The van der Waals surface area contributed by atoms with E-state index in [1.807, 2.05) is 13.1 Å². The number of nitrogen functional groups attached to an aromatic ring is 3. The first-order valence-electron chi connectivity index (χ1n) is 5.55. The summed E-state index contributed by atoms with van der Waals surface area (Å²) in [4.78, 5) is 13.9. The van der Waals surface area contributed by atoms with E-state index in [2.05, 4.69) is 26.4 Å². The predicted octanol–water partition coefficient (Wildman–Crippen LogP) is 0.433. The molecule has 0 atom stereocenters. The molecule has 0 fully saturated rings. The number of anilines is 3. The number of rotatable bonds is 6. The fourth-order valence-electron chi connectivity index (χ4n) is 1.33. The van der Waals surface area contributed by atoms with Gasteiger partial charge >= 0.3 is 0 Å². The van der Waals surface area contributed by atoms with Crippen molar-refractivity contribution < 1.29 is 0 Å². The fraction of sp³-hybridized carbons (Fsp3) is 0.364. The van der Waals surface area contributed by atoms with Crippen LogP contribution in [0.2, 0.25) is 0 Å². The smallest absolute Gasteiger partial charge is 0.224 e. The van der Waals surface area contributed by atoms with Crippen LogP contribution in [0.25, 0.3) is 0 Å². The van der Waals surface area contributed by atoms with E-state index in [1.54, 1.807) is 6.21 Å². The zero-order valence-corrected chi connectivity index (χ0v) is 10.5. The van der Waals surface area contributed by atoms with Gasteiger partial charge in [-0.05, 0) is 13.5 Å². The Labute approximate surface area is 106 Å². The molecule has 0 amide bonds. The minimum absolute atomic E-state index is 0.0672. The van der Waals surface area contributed by atoms with E-state index in [0.29, 0.717) is 5.82 Å². The predicted molar refractivity (Wildman–Crippen MR) is 75.7 cm³/mol. The third kappa shape index (κ3) is 4.02. The maximum Gasteiger partial charge on any atom is 0.224 e. The monoisotopic (exact) mass is 249 g/mol. The van der Waals surface area contributed by atoms with Crippen molar-refractivity contribution in [2.75, 3.05) is 37.3 Å². The summed E-state index contributed by atoms with van der Waals surface area (Å²) in [5, 5.41) is 0. The second kappa shape index (κ2) is 6.55. The summed E-state index contributed by atoms with van der Waals surface area (Å²) in [6.45, 7) is 5.37. The largest absolute Gasteiger partial charge is 0.393 e. The molecule has 98 valence electrons. The zero-order chi connectivity index (χ0) is 13.5. The number of nitrogens with two attached hydrogens (primary N) is 3. The molecule has 0 saturated heterocycles. The summed E-state index contributed by atoms with van der Waals surface area (Å²) >= 11 is 0. The summed E-state index contributed by atoms with van der Waals surface area (Å²) < 4.78 is 0. The Morgan fingerprint density at radius 2 is 2.06 bits per heavy atom. The van der Waals surface area contributed by atoms with Crippen molar-refractivity contribution in [3.05, 3.63) is 12.7 Å². The van der Waals surface area contributed by atoms with Gasteiger partial charge < -0.3 is 22.1 Å². The summed E-state index contributed by atoms with van der Waals surface area (Å²) in [7, 11) is 2.00.